The molecule has 7 rings (SSSR count). The van der Waals surface area contributed by atoms with Crippen molar-refractivity contribution in [3.8, 4) is 33.4 Å². The Bertz CT molecular complexity index is 1870. The van der Waals surface area contributed by atoms with Crippen LogP contribution in [0.5, 0.6) is 0 Å². The second-order valence-corrected chi connectivity index (χ2v) is 28.1. The third kappa shape index (κ3) is 5.00. The first kappa shape index (κ1) is 29.2. The third-order valence-corrected chi connectivity index (χ3v) is 23.7. The predicted octanol–water partition coefficient (Wildman–Crippen LogP) is 9.27. The summed E-state index contributed by atoms with van der Waals surface area (Å²) in [5.74, 6) is 0.383. The summed E-state index contributed by atoms with van der Waals surface area (Å²) in [5.41, 5.74) is 13.4. The van der Waals surface area contributed by atoms with Crippen molar-refractivity contribution in [1.82, 2.24) is 0 Å². The van der Waals surface area contributed by atoms with E-state index in [1.165, 1.54) is 69.3 Å². The summed E-state index contributed by atoms with van der Waals surface area (Å²) in [4.78, 5) is 0. The zero-order valence-corrected chi connectivity index (χ0v) is 30.4. The fraction of sp³-hybridized carbons (Fsp3) is 0.179. The second-order valence-electron chi connectivity index (χ2n) is 12.3. The molecule has 0 fully saturated rings. The van der Waals surface area contributed by atoms with Gasteiger partial charge in [0.25, 0.3) is 0 Å². The van der Waals surface area contributed by atoms with Crippen LogP contribution in [0, 0.1) is 0 Å². The van der Waals surface area contributed by atoms with Crippen molar-refractivity contribution in [2.45, 2.75) is 43.2 Å². The summed E-state index contributed by atoms with van der Waals surface area (Å²) in [7, 11) is 15.2. The molecule has 43 heavy (non-hydrogen) atoms. The molecule has 1 unspecified atom stereocenters. The summed E-state index contributed by atoms with van der Waals surface area (Å²) >= 11 is -4.03. The molecule has 0 aromatic heterocycles. The minimum absolute atomic E-state index is 0.0978. The summed E-state index contributed by atoms with van der Waals surface area (Å²) in [6.07, 6.45) is 4.57. The van der Waals surface area contributed by atoms with Gasteiger partial charge in [0.1, 0.15) is 0 Å². The van der Waals surface area contributed by atoms with Crippen molar-refractivity contribution in [2.75, 3.05) is 0 Å². The summed E-state index contributed by atoms with van der Waals surface area (Å²) in [6, 6.07) is 40.1. The van der Waals surface area contributed by atoms with E-state index in [1.807, 2.05) is 0 Å². The molecule has 0 nitrogen and oxygen atoms in total. The van der Waals surface area contributed by atoms with Crippen LogP contribution >= 0.6 is 17.0 Å². The quantitative estimate of drug-likeness (QED) is 0.146. The second kappa shape index (κ2) is 11.8. The molecular weight excluding hydrogens is 659 g/mol. The van der Waals surface area contributed by atoms with Crippen molar-refractivity contribution in [1.29, 1.82) is 0 Å². The van der Waals surface area contributed by atoms with Crippen molar-refractivity contribution in [3.63, 3.8) is 0 Å². The van der Waals surface area contributed by atoms with Gasteiger partial charge in [0.15, 0.2) is 0 Å². The molecular formula is C39H36Cl2SiZr. The number of allylic oxidation sites excluding steroid dienone is 1. The Morgan fingerprint density at radius 1 is 0.721 bits per heavy atom. The van der Waals surface area contributed by atoms with E-state index >= 15 is 0 Å². The molecule has 1 aliphatic carbocycles. The van der Waals surface area contributed by atoms with E-state index in [0.717, 1.165) is 12.8 Å². The van der Waals surface area contributed by atoms with Gasteiger partial charge in [0, 0.05) is 0 Å². The molecule has 0 amide bonds. The molecule has 0 radical (unpaired) electrons. The maximum atomic E-state index is 7.94. The molecule has 1 aliphatic heterocycles. The number of benzene rings is 5. The van der Waals surface area contributed by atoms with Gasteiger partial charge in [-0.2, -0.15) is 0 Å². The van der Waals surface area contributed by atoms with Crippen LogP contribution in [0.2, 0.25) is 0 Å². The average molecular weight is 695 g/mol. The van der Waals surface area contributed by atoms with Crippen LogP contribution in [0.3, 0.4) is 0 Å². The molecule has 0 N–H and O–H groups in total. The molecule has 4 heteroatoms. The van der Waals surface area contributed by atoms with Gasteiger partial charge in [-0.1, -0.05) is 0 Å². The van der Waals surface area contributed by atoms with Crippen molar-refractivity contribution < 1.29 is 17.9 Å². The Labute approximate surface area is 270 Å². The molecule has 0 spiro atoms. The number of hydrogen-bond donors (Lipinski definition) is 0. The van der Waals surface area contributed by atoms with Crippen LogP contribution in [0.25, 0.3) is 39.5 Å². The van der Waals surface area contributed by atoms with Gasteiger partial charge in [0.2, 0.25) is 0 Å². The van der Waals surface area contributed by atoms with E-state index in [-0.39, 0.29) is 3.63 Å². The van der Waals surface area contributed by atoms with Crippen molar-refractivity contribution >= 4 is 46.3 Å². The summed E-state index contributed by atoms with van der Waals surface area (Å²) < 4.78 is 1.40. The first-order valence-electron chi connectivity index (χ1n) is 15.5. The van der Waals surface area contributed by atoms with Crippen LogP contribution in [0.1, 0.15) is 59.8 Å². The van der Waals surface area contributed by atoms with Crippen LogP contribution in [-0.2, 0) is 17.9 Å². The molecule has 1 heterocycles. The van der Waals surface area contributed by atoms with E-state index in [2.05, 4.69) is 136 Å². The van der Waals surface area contributed by atoms with Gasteiger partial charge in [-0.15, -0.1) is 0 Å². The Morgan fingerprint density at radius 2 is 1.40 bits per heavy atom. The van der Waals surface area contributed by atoms with Gasteiger partial charge < -0.3 is 0 Å². The monoisotopic (exact) mass is 692 g/mol. The van der Waals surface area contributed by atoms with Gasteiger partial charge in [-0.05, 0) is 0 Å². The van der Waals surface area contributed by atoms with Crippen LogP contribution in [-0.4, -0.2) is 9.52 Å². The van der Waals surface area contributed by atoms with E-state index in [0.29, 0.717) is 5.92 Å². The molecule has 1 atom stereocenters. The van der Waals surface area contributed by atoms with Gasteiger partial charge >= 0.3 is 272 Å². The zero-order valence-electron chi connectivity index (χ0n) is 25.0. The normalized spacial score (nSPS) is 15.9. The van der Waals surface area contributed by atoms with Crippen LogP contribution < -0.4 is 13.6 Å². The van der Waals surface area contributed by atoms with E-state index in [4.69, 9.17) is 17.0 Å². The SMILES string of the molecule is CCCC1=Cc2c(ccc(C(C)C)c2-c2ccccc2-c2ccccc2)[CH]1[Zr]([Cl])([Cl])[c]1cccc2c1[SiH2]c1ccccc1-2. The molecule has 5 aromatic carbocycles. The Kier molecular flexibility index (Phi) is 8.02. The Hall–Kier alpha value is -2.48. The van der Waals surface area contributed by atoms with Gasteiger partial charge in [0.05, 0.1) is 0 Å². The van der Waals surface area contributed by atoms with E-state index in [1.54, 1.807) is 0 Å². The fourth-order valence-electron chi connectivity index (χ4n) is 7.44. The van der Waals surface area contributed by atoms with Gasteiger partial charge in [-0.3, -0.25) is 0 Å². The van der Waals surface area contributed by atoms with E-state index < -0.39 is 27.4 Å². The molecule has 2 aliphatic rings. The van der Waals surface area contributed by atoms with E-state index in [9.17, 15) is 0 Å². The fourth-order valence-corrected chi connectivity index (χ4v) is 24.3. The number of halogens is 2. The first-order chi connectivity index (χ1) is 20.9. The maximum absolute atomic E-state index is 7.94. The standard InChI is InChI=1S/C27H27.C12H9Si.2ClH.Zr/c1-4-10-20-17-22-15-16-23(19(2)3)27(26(22)18-20)25-14-9-8-13-24(25)21-11-6-5-7-12-21;1-3-7-11-9(5-1)10-6-2-4-8-12(10)13-11;;;/h5-9,11-19H,4,10H2,1-3H3;1-7H,13H2;2*1H;/q;;;;+2/p-2. The van der Waals surface area contributed by atoms with Crippen LogP contribution in [0.4, 0.5) is 0 Å². The van der Waals surface area contributed by atoms with Crippen molar-refractivity contribution in [2.24, 2.45) is 0 Å². The van der Waals surface area contributed by atoms with Gasteiger partial charge in [-0.25, -0.2) is 0 Å². The number of fused-ring (bicyclic) bond motifs is 4. The molecule has 0 saturated carbocycles. The van der Waals surface area contributed by atoms with Crippen molar-refractivity contribution in [3.05, 3.63) is 131 Å². The predicted molar refractivity (Wildman–Crippen MR) is 188 cm³/mol. The number of hydrogen-bond acceptors (Lipinski definition) is 0. The summed E-state index contributed by atoms with van der Waals surface area (Å²) in [5, 5.41) is 3.00. The molecule has 5 aromatic rings. The Morgan fingerprint density at radius 3 is 2.14 bits per heavy atom. The zero-order chi connectivity index (χ0) is 29.7. The third-order valence-electron chi connectivity index (χ3n) is 9.34. The Balaban J connectivity index is 1.44. The van der Waals surface area contributed by atoms with Crippen LogP contribution in [0.15, 0.2) is 115 Å². The molecule has 0 bridgehead atoms. The minimum atomic E-state index is -4.03. The molecule has 0 saturated heterocycles. The molecule has 214 valence electrons. The number of rotatable bonds is 7. The topological polar surface area (TPSA) is 0 Å². The average Bonchev–Trinajstić information content (AvgIpc) is 3.59. The first-order valence-corrected chi connectivity index (χ1v) is 25.9. The summed E-state index contributed by atoms with van der Waals surface area (Å²) in [6.45, 7) is 6.89.